The molecular weight excluding hydrogens is 266 g/mol. The molecule has 1 aliphatic rings. The number of hydrogen-bond acceptors (Lipinski definition) is 2. The summed E-state index contributed by atoms with van der Waals surface area (Å²) in [5, 5.41) is 3.40. The Morgan fingerprint density at radius 3 is 2.62 bits per heavy atom. The van der Waals surface area contributed by atoms with Gasteiger partial charge in [0.2, 0.25) is 0 Å². The number of rotatable bonds is 2. The summed E-state index contributed by atoms with van der Waals surface area (Å²) in [6.07, 6.45) is 2.43. The molecule has 1 aromatic carbocycles. The second-order valence-corrected chi connectivity index (χ2v) is 5.19. The van der Waals surface area contributed by atoms with Crippen molar-refractivity contribution in [1.82, 2.24) is 5.32 Å². The Hall–Kier alpha value is -0.540. The maximum Gasteiger partial charge on any atom is 0.133 e. The van der Waals surface area contributed by atoms with E-state index in [-0.39, 0.29) is 0 Å². The van der Waals surface area contributed by atoms with E-state index in [0.29, 0.717) is 5.92 Å². The minimum absolute atomic E-state index is 0.657. The van der Waals surface area contributed by atoms with Gasteiger partial charge in [0.25, 0.3) is 0 Å². The molecule has 1 aliphatic heterocycles. The molecule has 1 saturated heterocycles. The zero-order chi connectivity index (χ0) is 11.5. The van der Waals surface area contributed by atoms with Gasteiger partial charge in [0.1, 0.15) is 5.75 Å². The molecule has 0 atom stereocenters. The van der Waals surface area contributed by atoms with Crippen LogP contribution in [0.15, 0.2) is 16.6 Å². The minimum atomic E-state index is 0.657. The highest BCUT2D eigenvalue weighted by atomic mass is 79.9. The molecule has 1 aromatic rings. The highest BCUT2D eigenvalue weighted by Gasteiger charge is 2.19. The molecule has 16 heavy (non-hydrogen) atoms. The Balaban J connectivity index is 2.34. The van der Waals surface area contributed by atoms with Gasteiger partial charge in [-0.3, -0.25) is 0 Å². The summed E-state index contributed by atoms with van der Waals surface area (Å²) in [6, 6.07) is 4.36. The lowest BCUT2D eigenvalue weighted by atomic mass is 9.89. The summed E-state index contributed by atoms with van der Waals surface area (Å²) >= 11 is 3.67. The number of piperidine rings is 1. The van der Waals surface area contributed by atoms with Crippen molar-refractivity contribution >= 4 is 15.9 Å². The predicted octanol–water partition coefficient (Wildman–Crippen LogP) is 3.23. The molecule has 2 rings (SSSR count). The Morgan fingerprint density at radius 1 is 1.31 bits per heavy atom. The average molecular weight is 284 g/mol. The first-order valence-corrected chi connectivity index (χ1v) is 6.56. The SMILES string of the molecule is COc1cc(C)cc(C2CCNCC2)c1Br. The molecule has 0 spiro atoms. The molecular formula is C13H18BrNO. The van der Waals surface area contributed by atoms with Gasteiger partial charge in [-0.1, -0.05) is 6.07 Å². The molecule has 88 valence electrons. The third-order valence-electron chi connectivity index (χ3n) is 3.21. The summed E-state index contributed by atoms with van der Waals surface area (Å²) in [6.45, 7) is 4.36. The van der Waals surface area contributed by atoms with Gasteiger partial charge in [0.05, 0.1) is 11.6 Å². The van der Waals surface area contributed by atoms with Crippen LogP contribution in [0.3, 0.4) is 0 Å². The van der Waals surface area contributed by atoms with Crippen molar-refractivity contribution in [3.63, 3.8) is 0 Å². The predicted molar refractivity (Wildman–Crippen MR) is 70.3 cm³/mol. The number of nitrogens with one attached hydrogen (secondary N) is 1. The van der Waals surface area contributed by atoms with Gasteiger partial charge in [-0.05, 0) is 71.9 Å². The zero-order valence-corrected chi connectivity index (χ0v) is 11.4. The summed E-state index contributed by atoms with van der Waals surface area (Å²) in [7, 11) is 1.73. The van der Waals surface area contributed by atoms with E-state index in [1.807, 2.05) is 0 Å². The molecule has 0 bridgehead atoms. The van der Waals surface area contributed by atoms with E-state index in [4.69, 9.17) is 4.74 Å². The van der Waals surface area contributed by atoms with Gasteiger partial charge in [-0.25, -0.2) is 0 Å². The van der Waals surface area contributed by atoms with Crippen molar-refractivity contribution in [3.8, 4) is 5.75 Å². The Bertz CT molecular complexity index is 372. The van der Waals surface area contributed by atoms with Gasteiger partial charge < -0.3 is 10.1 Å². The van der Waals surface area contributed by atoms with Crippen LogP contribution in [-0.2, 0) is 0 Å². The molecule has 3 heteroatoms. The van der Waals surface area contributed by atoms with E-state index in [1.165, 1.54) is 24.0 Å². The standard InChI is InChI=1S/C13H18BrNO/c1-9-7-11(10-3-5-15-6-4-10)13(14)12(8-9)16-2/h7-8,10,15H,3-6H2,1-2H3. The van der Waals surface area contributed by atoms with Crippen molar-refractivity contribution < 1.29 is 4.74 Å². The van der Waals surface area contributed by atoms with Crippen LogP contribution < -0.4 is 10.1 Å². The number of benzene rings is 1. The lowest BCUT2D eigenvalue weighted by Gasteiger charge is -2.25. The van der Waals surface area contributed by atoms with Crippen LogP contribution in [0.25, 0.3) is 0 Å². The van der Waals surface area contributed by atoms with Gasteiger partial charge in [0.15, 0.2) is 0 Å². The second kappa shape index (κ2) is 5.19. The van der Waals surface area contributed by atoms with Crippen molar-refractivity contribution in [3.05, 3.63) is 27.7 Å². The second-order valence-electron chi connectivity index (χ2n) is 4.39. The third-order valence-corrected chi connectivity index (χ3v) is 4.06. The van der Waals surface area contributed by atoms with E-state index < -0.39 is 0 Å². The molecule has 0 unspecified atom stereocenters. The number of ether oxygens (including phenoxy) is 1. The maximum atomic E-state index is 5.39. The fraction of sp³-hybridized carbons (Fsp3) is 0.538. The van der Waals surface area contributed by atoms with Crippen molar-refractivity contribution in [1.29, 1.82) is 0 Å². The van der Waals surface area contributed by atoms with Crippen molar-refractivity contribution in [2.75, 3.05) is 20.2 Å². The Morgan fingerprint density at radius 2 is 2.00 bits per heavy atom. The molecule has 1 N–H and O–H groups in total. The monoisotopic (exact) mass is 283 g/mol. The van der Waals surface area contributed by atoms with Crippen LogP contribution in [0.2, 0.25) is 0 Å². The minimum Gasteiger partial charge on any atom is -0.496 e. The van der Waals surface area contributed by atoms with Crippen LogP contribution in [0.5, 0.6) is 5.75 Å². The largest absolute Gasteiger partial charge is 0.496 e. The molecule has 0 saturated carbocycles. The average Bonchev–Trinajstić information content (AvgIpc) is 2.33. The first-order valence-electron chi connectivity index (χ1n) is 5.77. The number of hydrogen-bond donors (Lipinski definition) is 1. The normalized spacial score (nSPS) is 17.4. The Labute approximate surface area is 106 Å². The number of halogens is 1. The maximum absolute atomic E-state index is 5.39. The van der Waals surface area contributed by atoms with E-state index in [9.17, 15) is 0 Å². The topological polar surface area (TPSA) is 21.3 Å². The zero-order valence-electron chi connectivity index (χ0n) is 9.85. The lowest BCUT2D eigenvalue weighted by molar-refractivity contribution is 0.407. The van der Waals surface area contributed by atoms with Crippen LogP contribution in [0.1, 0.15) is 29.9 Å². The first kappa shape index (κ1) is 11.9. The highest BCUT2D eigenvalue weighted by molar-refractivity contribution is 9.10. The Kier molecular flexibility index (Phi) is 3.87. The summed E-state index contributed by atoms with van der Waals surface area (Å²) in [5.74, 6) is 1.61. The fourth-order valence-electron chi connectivity index (χ4n) is 2.34. The van der Waals surface area contributed by atoms with E-state index in [2.05, 4.69) is 40.3 Å². The quantitative estimate of drug-likeness (QED) is 0.900. The van der Waals surface area contributed by atoms with E-state index in [0.717, 1.165) is 23.3 Å². The molecule has 0 aromatic heterocycles. The smallest absolute Gasteiger partial charge is 0.133 e. The van der Waals surface area contributed by atoms with Gasteiger partial charge in [-0.2, -0.15) is 0 Å². The highest BCUT2D eigenvalue weighted by Crippen LogP contribution is 2.37. The molecule has 2 nitrogen and oxygen atoms in total. The molecule has 1 fully saturated rings. The van der Waals surface area contributed by atoms with Gasteiger partial charge >= 0.3 is 0 Å². The number of methoxy groups -OCH3 is 1. The van der Waals surface area contributed by atoms with Crippen molar-refractivity contribution in [2.45, 2.75) is 25.7 Å². The lowest BCUT2D eigenvalue weighted by Crippen LogP contribution is -2.26. The van der Waals surface area contributed by atoms with Crippen LogP contribution in [0.4, 0.5) is 0 Å². The van der Waals surface area contributed by atoms with Crippen LogP contribution >= 0.6 is 15.9 Å². The molecule has 0 aliphatic carbocycles. The van der Waals surface area contributed by atoms with Gasteiger partial charge in [0, 0.05) is 0 Å². The van der Waals surface area contributed by atoms with Crippen LogP contribution in [-0.4, -0.2) is 20.2 Å². The van der Waals surface area contributed by atoms with E-state index >= 15 is 0 Å². The third kappa shape index (κ3) is 2.41. The molecule has 0 amide bonds. The summed E-state index contributed by atoms with van der Waals surface area (Å²) in [5.41, 5.74) is 2.67. The first-order chi connectivity index (χ1) is 7.72. The summed E-state index contributed by atoms with van der Waals surface area (Å²) in [4.78, 5) is 0. The van der Waals surface area contributed by atoms with Crippen LogP contribution in [0, 0.1) is 6.92 Å². The molecule has 1 heterocycles. The van der Waals surface area contributed by atoms with E-state index in [1.54, 1.807) is 7.11 Å². The van der Waals surface area contributed by atoms with Gasteiger partial charge in [-0.15, -0.1) is 0 Å². The van der Waals surface area contributed by atoms with Crippen molar-refractivity contribution in [2.24, 2.45) is 0 Å². The number of aryl methyl sites for hydroxylation is 1. The fourth-order valence-corrected chi connectivity index (χ4v) is 3.06. The summed E-state index contributed by atoms with van der Waals surface area (Å²) < 4.78 is 6.53. The molecule has 0 radical (unpaired) electrons.